The second kappa shape index (κ2) is 5.40. The fraction of sp³-hybridized carbons (Fsp3) is 0.727. The molecule has 6 nitrogen and oxygen atoms in total. The molecule has 0 amide bonds. The molecule has 2 rings (SSSR count). The van der Waals surface area contributed by atoms with Crippen LogP contribution < -0.4 is 0 Å². The Labute approximate surface area is 118 Å². The van der Waals surface area contributed by atoms with Gasteiger partial charge in [-0.15, -0.1) is 11.6 Å². The highest BCUT2D eigenvalue weighted by Crippen LogP contribution is 2.24. The molecule has 0 spiro atoms. The van der Waals surface area contributed by atoms with E-state index in [1.165, 1.54) is 4.31 Å². The van der Waals surface area contributed by atoms with Crippen molar-refractivity contribution >= 4 is 21.6 Å². The highest BCUT2D eigenvalue weighted by Gasteiger charge is 2.35. The van der Waals surface area contributed by atoms with Crippen LogP contribution in [0.5, 0.6) is 0 Å². The van der Waals surface area contributed by atoms with Gasteiger partial charge in [-0.3, -0.25) is 5.10 Å². The van der Waals surface area contributed by atoms with Crippen LogP contribution in [0.1, 0.15) is 18.2 Å². The van der Waals surface area contributed by atoms with E-state index < -0.39 is 10.0 Å². The maximum atomic E-state index is 12.7. The first-order chi connectivity index (χ1) is 8.87. The lowest BCUT2D eigenvalue weighted by Gasteiger charge is -2.36. The lowest BCUT2D eigenvalue weighted by molar-refractivity contribution is 0.170. The van der Waals surface area contributed by atoms with E-state index in [0.717, 1.165) is 13.1 Å². The Bertz CT molecular complexity index is 557. The van der Waals surface area contributed by atoms with E-state index in [2.05, 4.69) is 15.1 Å². The van der Waals surface area contributed by atoms with Crippen LogP contribution >= 0.6 is 11.6 Å². The second-order valence-corrected chi connectivity index (χ2v) is 7.07. The van der Waals surface area contributed by atoms with Crippen LogP contribution in [0.3, 0.4) is 0 Å². The molecule has 0 radical (unpaired) electrons. The van der Waals surface area contributed by atoms with Gasteiger partial charge in [-0.25, -0.2) is 8.42 Å². The molecule has 1 saturated heterocycles. The smallest absolute Gasteiger partial charge is 0.263 e. The molecule has 108 valence electrons. The highest BCUT2D eigenvalue weighted by atomic mass is 35.5. The zero-order chi connectivity index (χ0) is 14.2. The van der Waals surface area contributed by atoms with Crippen LogP contribution in [0, 0.1) is 6.92 Å². The van der Waals surface area contributed by atoms with E-state index in [9.17, 15) is 8.42 Å². The van der Waals surface area contributed by atoms with Crippen molar-refractivity contribution in [2.75, 3.05) is 26.7 Å². The molecule has 0 aromatic carbocycles. The van der Waals surface area contributed by atoms with Gasteiger partial charge in [0.1, 0.15) is 0 Å². The molecular formula is C11H19ClN4O2S. The number of aromatic amines is 1. The molecule has 1 N–H and O–H groups in total. The average molecular weight is 307 g/mol. The number of hydrogen-bond donors (Lipinski definition) is 1. The van der Waals surface area contributed by atoms with Crippen molar-refractivity contribution < 1.29 is 8.42 Å². The molecule has 1 aromatic heterocycles. The van der Waals surface area contributed by atoms with Gasteiger partial charge in [-0.05, 0) is 20.9 Å². The van der Waals surface area contributed by atoms with Gasteiger partial charge in [0.05, 0.1) is 5.88 Å². The number of nitrogens with one attached hydrogen (secondary N) is 1. The van der Waals surface area contributed by atoms with Crippen LogP contribution in [0.25, 0.3) is 0 Å². The standard InChI is InChI=1S/C11H19ClN4O2S/c1-8-7-15(3)4-5-16(8)19(17,18)11-10(6-12)9(2)13-14-11/h8H,4-7H2,1-3H3,(H,13,14). The molecule has 1 aromatic rings. The van der Waals surface area contributed by atoms with Crippen LogP contribution in [0.4, 0.5) is 0 Å². The lowest BCUT2D eigenvalue weighted by Crippen LogP contribution is -2.52. The second-order valence-electron chi connectivity index (χ2n) is 4.99. The highest BCUT2D eigenvalue weighted by molar-refractivity contribution is 7.89. The summed E-state index contributed by atoms with van der Waals surface area (Å²) in [5.74, 6) is 0.138. The molecule has 1 aliphatic heterocycles. The Morgan fingerprint density at radius 2 is 2.16 bits per heavy atom. The molecule has 1 unspecified atom stereocenters. The SMILES string of the molecule is Cc1[nH]nc(S(=O)(=O)N2CCN(C)CC2C)c1CCl. The van der Waals surface area contributed by atoms with E-state index in [4.69, 9.17) is 11.6 Å². The maximum absolute atomic E-state index is 12.7. The number of piperazine rings is 1. The van der Waals surface area contributed by atoms with Crippen molar-refractivity contribution in [2.24, 2.45) is 0 Å². The summed E-state index contributed by atoms with van der Waals surface area (Å²) in [7, 11) is -1.59. The molecule has 2 heterocycles. The first-order valence-electron chi connectivity index (χ1n) is 6.18. The normalized spacial score (nSPS) is 22.8. The summed E-state index contributed by atoms with van der Waals surface area (Å²) in [4.78, 5) is 2.12. The van der Waals surface area contributed by atoms with Crippen molar-refractivity contribution in [3.63, 3.8) is 0 Å². The number of sulfonamides is 1. The first-order valence-corrected chi connectivity index (χ1v) is 8.15. The summed E-state index contributed by atoms with van der Waals surface area (Å²) >= 11 is 5.83. The monoisotopic (exact) mass is 306 g/mol. The van der Waals surface area contributed by atoms with Crippen molar-refractivity contribution in [2.45, 2.75) is 30.8 Å². The molecule has 1 atom stereocenters. The Morgan fingerprint density at radius 3 is 2.74 bits per heavy atom. The van der Waals surface area contributed by atoms with Crippen molar-refractivity contribution in [3.8, 4) is 0 Å². The number of H-pyrrole nitrogens is 1. The van der Waals surface area contributed by atoms with Gasteiger partial charge in [-0.1, -0.05) is 0 Å². The van der Waals surface area contributed by atoms with Crippen LogP contribution in [0.15, 0.2) is 5.03 Å². The largest absolute Gasteiger partial charge is 0.303 e. The molecule has 8 heteroatoms. The Hall–Kier alpha value is -0.630. The molecule has 1 aliphatic rings. The minimum absolute atomic E-state index is 0.0658. The fourth-order valence-electron chi connectivity index (χ4n) is 2.39. The molecule has 1 fully saturated rings. The Kier molecular flexibility index (Phi) is 4.20. The predicted molar refractivity (Wildman–Crippen MR) is 73.7 cm³/mol. The molecule has 0 saturated carbocycles. The van der Waals surface area contributed by atoms with Crippen molar-refractivity contribution in [1.82, 2.24) is 19.4 Å². The van der Waals surface area contributed by atoms with E-state index in [1.807, 2.05) is 14.0 Å². The number of halogens is 1. The van der Waals surface area contributed by atoms with E-state index in [0.29, 0.717) is 17.8 Å². The number of alkyl halides is 1. The van der Waals surface area contributed by atoms with E-state index in [-0.39, 0.29) is 16.9 Å². The maximum Gasteiger partial charge on any atom is 0.263 e. The fourth-order valence-corrected chi connectivity index (χ4v) is 4.58. The van der Waals surface area contributed by atoms with Gasteiger partial charge in [0.15, 0.2) is 5.03 Å². The molecule has 0 aliphatic carbocycles. The number of likely N-dealkylation sites (N-methyl/N-ethyl adjacent to an activating group) is 1. The third kappa shape index (κ3) is 2.65. The van der Waals surface area contributed by atoms with Crippen LogP contribution in [0.2, 0.25) is 0 Å². The Balaban J connectivity index is 2.37. The van der Waals surface area contributed by atoms with Crippen molar-refractivity contribution in [1.29, 1.82) is 0 Å². The topological polar surface area (TPSA) is 69.3 Å². The number of nitrogens with zero attached hydrogens (tertiary/aromatic N) is 3. The molecule has 19 heavy (non-hydrogen) atoms. The zero-order valence-electron chi connectivity index (χ0n) is 11.4. The van der Waals surface area contributed by atoms with Gasteiger partial charge in [0, 0.05) is 36.9 Å². The minimum Gasteiger partial charge on any atom is -0.303 e. The first kappa shape index (κ1) is 14.8. The van der Waals surface area contributed by atoms with Gasteiger partial charge >= 0.3 is 0 Å². The third-order valence-corrected chi connectivity index (χ3v) is 5.75. The molecule has 0 bridgehead atoms. The van der Waals surface area contributed by atoms with Gasteiger partial charge in [-0.2, -0.15) is 9.40 Å². The van der Waals surface area contributed by atoms with Crippen molar-refractivity contribution in [3.05, 3.63) is 11.3 Å². The molecular weight excluding hydrogens is 288 g/mol. The number of rotatable bonds is 3. The number of aryl methyl sites for hydroxylation is 1. The van der Waals surface area contributed by atoms with Crippen LogP contribution in [-0.4, -0.2) is 60.5 Å². The van der Waals surface area contributed by atoms with E-state index >= 15 is 0 Å². The third-order valence-electron chi connectivity index (χ3n) is 3.49. The summed E-state index contributed by atoms with van der Waals surface area (Å²) in [5.41, 5.74) is 1.27. The van der Waals surface area contributed by atoms with E-state index in [1.54, 1.807) is 6.92 Å². The van der Waals surface area contributed by atoms with Gasteiger partial charge in [0.25, 0.3) is 10.0 Å². The number of aromatic nitrogens is 2. The van der Waals surface area contributed by atoms with Crippen LogP contribution in [-0.2, 0) is 15.9 Å². The summed E-state index contributed by atoms with van der Waals surface area (Å²) in [6.45, 7) is 5.61. The predicted octanol–water partition coefficient (Wildman–Crippen LogP) is 0.782. The summed E-state index contributed by atoms with van der Waals surface area (Å²) in [5, 5.41) is 6.71. The summed E-state index contributed by atoms with van der Waals surface area (Å²) in [6, 6.07) is -0.0658. The van der Waals surface area contributed by atoms with Gasteiger partial charge in [0.2, 0.25) is 0 Å². The average Bonchev–Trinajstić information content (AvgIpc) is 2.70. The zero-order valence-corrected chi connectivity index (χ0v) is 12.9. The Morgan fingerprint density at radius 1 is 1.47 bits per heavy atom. The summed E-state index contributed by atoms with van der Waals surface area (Å²) in [6.07, 6.45) is 0. The minimum atomic E-state index is -3.58. The summed E-state index contributed by atoms with van der Waals surface area (Å²) < 4.78 is 26.8. The number of hydrogen-bond acceptors (Lipinski definition) is 4. The quantitative estimate of drug-likeness (QED) is 0.838. The lowest BCUT2D eigenvalue weighted by atomic mass is 10.2. The van der Waals surface area contributed by atoms with Gasteiger partial charge < -0.3 is 4.90 Å².